The highest BCUT2D eigenvalue weighted by Crippen LogP contribution is 2.42. The molecule has 0 aromatic rings. The molecule has 0 unspecified atom stereocenters. The zero-order valence-electron chi connectivity index (χ0n) is 7.65. The van der Waals surface area contributed by atoms with Gasteiger partial charge in [0.15, 0.2) is 4.75 Å². The van der Waals surface area contributed by atoms with Crippen LogP contribution >= 0.6 is 0 Å². The Bertz CT molecular complexity index is 277. The van der Waals surface area contributed by atoms with Crippen LogP contribution in [0.5, 0.6) is 0 Å². The third-order valence-corrected chi connectivity index (χ3v) is 4.17. The van der Waals surface area contributed by atoms with Crippen molar-refractivity contribution in [2.45, 2.75) is 37.4 Å². The summed E-state index contributed by atoms with van der Waals surface area (Å²) in [5, 5.41) is 0. The number of hydrogen-bond donors (Lipinski definition) is 0. The molecule has 76 valence electrons. The molecule has 0 aliphatic heterocycles. The molecule has 0 spiro atoms. The fourth-order valence-corrected chi connectivity index (χ4v) is 2.27. The van der Waals surface area contributed by atoms with Gasteiger partial charge in [0.05, 0.1) is 6.61 Å². The number of rotatable bonds is 6. The van der Waals surface area contributed by atoms with E-state index in [1.54, 1.807) is 0 Å². The molecule has 1 aliphatic carbocycles. The van der Waals surface area contributed by atoms with Gasteiger partial charge in [-0.25, -0.2) is 0 Å². The van der Waals surface area contributed by atoms with Crippen molar-refractivity contribution in [2.75, 3.05) is 6.61 Å². The highest BCUT2D eigenvalue weighted by molar-refractivity contribution is 7.89. The quantitative estimate of drug-likeness (QED) is 0.367. The largest absolute Gasteiger partial charge is 0.302 e. The fourth-order valence-electron chi connectivity index (χ4n) is 0.980. The maximum atomic E-state index is 11.4. The van der Waals surface area contributed by atoms with Crippen LogP contribution in [0.15, 0.2) is 0 Å². The van der Waals surface area contributed by atoms with Crippen molar-refractivity contribution in [3.05, 3.63) is 0 Å². The highest BCUT2D eigenvalue weighted by Gasteiger charge is 2.55. The molecule has 0 bridgehead atoms. The molecule has 0 saturated heterocycles. The Hall–Kier alpha value is -0.420. The summed E-state index contributed by atoms with van der Waals surface area (Å²) in [6, 6.07) is 0. The second-order valence-corrected chi connectivity index (χ2v) is 5.27. The SMILES string of the molecule is CCCCOS(=O)(=O)C1(C=O)CC1. The van der Waals surface area contributed by atoms with Gasteiger partial charge >= 0.3 is 0 Å². The van der Waals surface area contributed by atoms with E-state index in [0.29, 0.717) is 25.5 Å². The minimum absolute atomic E-state index is 0.189. The Morgan fingerprint density at radius 3 is 2.46 bits per heavy atom. The van der Waals surface area contributed by atoms with Gasteiger partial charge in [-0.3, -0.25) is 4.18 Å². The average Bonchev–Trinajstić information content (AvgIpc) is 2.84. The van der Waals surface area contributed by atoms with E-state index in [0.717, 1.165) is 6.42 Å². The van der Waals surface area contributed by atoms with Gasteiger partial charge in [-0.2, -0.15) is 8.42 Å². The first kappa shape index (κ1) is 10.7. The molecule has 0 aromatic heterocycles. The molecule has 4 nitrogen and oxygen atoms in total. The lowest BCUT2D eigenvalue weighted by atomic mass is 10.4. The lowest BCUT2D eigenvalue weighted by Gasteiger charge is -2.08. The van der Waals surface area contributed by atoms with Crippen molar-refractivity contribution < 1.29 is 17.4 Å². The summed E-state index contributed by atoms with van der Waals surface area (Å²) in [6.07, 6.45) is 2.89. The van der Waals surface area contributed by atoms with Gasteiger partial charge in [0.1, 0.15) is 6.29 Å². The number of carbonyl (C=O) groups excluding carboxylic acids is 1. The molecule has 0 N–H and O–H groups in total. The van der Waals surface area contributed by atoms with Crippen LogP contribution < -0.4 is 0 Å². The monoisotopic (exact) mass is 206 g/mol. The lowest BCUT2D eigenvalue weighted by molar-refractivity contribution is -0.108. The Balaban J connectivity index is 2.52. The summed E-state index contributed by atoms with van der Waals surface area (Å²) in [4.78, 5) is 10.5. The number of hydrogen-bond acceptors (Lipinski definition) is 4. The van der Waals surface area contributed by atoms with Gasteiger partial charge in [-0.05, 0) is 19.3 Å². The molecule has 0 radical (unpaired) electrons. The predicted molar refractivity (Wildman–Crippen MR) is 47.8 cm³/mol. The zero-order valence-corrected chi connectivity index (χ0v) is 8.47. The summed E-state index contributed by atoms with van der Waals surface area (Å²) in [7, 11) is -3.64. The van der Waals surface area contributed by atoms with Crippen molar-refractivity contribution in [2.24, 2.45) is 0 Å². The van der Waals surface area contributed by atoms with Crippen LogP contribution in [0.25, 0.3) is 0 Å². The molecule has 13 heavy (non-hydrogen) atoms. The summed E-state index contributed by atoms with van der Waals surface area (Å²) in [5.41, 5.74) is 0. The van der Waals surface area contributed by atoms with E-state index in [-0.39, 0.29) is 6.61 Å². The summed E-state index contributed by atoms with van der Waals surface area (Å²) < 4.78 is 26.3. The first-order valence-electron chi connectivity index (χ1n) is 4.43. The van der Waals surface area contributed by atoms with Crippen LogP contribution in [0.2, 0.25) is 0 Å². The Morgan fingerprint density at radius 2 is 2.08 bits per heavy atom. The molecule has 1 fully saturated rings. The van der Waals surface area contributed by atoms with E-state index in [1.165, 1.54) is 0 Å². The molecule has 0 aromatic carbocycles. The van der Waals surface area contributed by atoms with Crippen LogP contribution in [-0.4, -0.2) is 26.1 Å². The van der Waals surface area contributed by atoms with Crippen LogP contribution in [0.4, 0.5) is 0 Å². The maximum Gasteiger partial charge on any atom is 0.280 e. The van der Waals surface area contributed by atoms with E-state index in [9.17, 15) is 13.2 Å². The standard InChI is InChI=1S/C8H14O4S/c1-2-3-6-12-13(10,11)8(7-9)4-5-8/h7H,2-6H2,1H3. The van der Waals surface area contributed by atoms with Crippen molar-refractivity contribution in [3.63, 3.8) is 0 Å². The number of unbranched alkanes of at least 4 members (excludes halogenated alkanes) is 1. The normalized spacial score (nSPS) is 19.8. The second-order valence-electron chi connectivity index (χ2n) is 3.31. The second kappa shape index (κ2) is 3.75. The highest BCUT2D eigenvalue weighted by atomic mass is 32.2. The molecule has 1 saturated carbocycles. The van der Waals surface area contributed by atoms with E-state index in [4.69, 9.17) is 4.18 Å². The van der Waals surface area contributed by atoms with E-state index < -0.39 is 14.9 Å². The molecule has 0 atom stereocenters. The number of aldehydes is 1. The van der Waals surface area contributed by atoms with Crippen LogP contribution in [0.1, 0.15) is 32.6 Å². The number of carbonyl (C=O) groups is 1. The first-order chi connectivity index (χ1) is 6.08. The molecule has 0 amide bonds. The van der Waals surface area contributed by atoms with Crippen LogP contribution in [-0.2, 0) is 19.1 Å². The van der Waals surface area contributed by atoms with Gasteiger partial charge in [0.2, 0.25) is 0 Å². The first-order valence-corrected chi connectivity index (χ1v) is 5.84. The molecular weight excluding hydrogens is 192 g/mol. The van der Waals surface area contributed by atoms with Gasteiger partial charge in [-0.1, -0.05) is 13.3 Å². The summed E-state index contributed by atoms with van der Waals surface area (Å²) >= 11 is 0. The lowest BCUT2D eigenvalue weighted by Crippen LogP contribution is -2.27. The van der Waals surface area contributed by atoms with E-state index in [2.05, 4.69) is 0 Å². The van der Waals surface area contributed by atoms with Crippen LogP contribution in [0.3, 0.4) is 0 Å². The topological polar surface area (TPSA) is 60.4 Å². The third-order valence-electron chi connectivity index (χ3n) is 2.19. The summed E-state index contributed by atoms with van der Waals surface area (Å²) in [5.74, 6) is 0. The molecule has 5 heteroatoms. The van der Waals surface area contributed by atoms with Gasteiger partial charge in [0, 0.05) is 0 Å². The predicted octanol–water partition coefficient (Wildman–Crippen LogP) is 0.864. The maximum absolute atomic E-state index is 11.4. The molecule has 0 heterocycles. The molecule has 1 aliphatic rings. The van der Waals surface area contributed by atoms with Crippen molar-refractivity contribution in [1.82, 2.24) is 0 Å². The molecular formula is C8H14O4S. The fraction of sp³-hybridized carbons (Fsp3) is 0.875. The molecule has 1 rings (SSSR count). The van der Waals surface area contributed by atoms with Crippen molar-refractivity contribution >= 4 is 16.4 Å². The third kappa shape index (κ3) is 2.08. The summed E-state index contributed by atoms with van der Waals surface area (Å²) in [6.45, 7) is 2.14. The average molecular weight is 206 g/mol. The van der Waals surface area contributed by atoms with Gasteiger partial charge in [0.25, 0.3) is 10.1 Å². The zero-order chi connectivity index (χ0) is 9.95. The van der Waals surface area contributed by atoms with Crippen molar-refractivity contribution in [1.29, 1.82) is 0 Å². The minimum Gasteiger partial charge on any atom is -0.302 e. The van der Waals surface area contributed by atoms with Crippen LogP contribution in [0, 0.1) is 0 Å². The van der Waals surface area contributed by atoms with Crippen molar-refractivity contribution in [3.8, 4) is 0 Å². The van der Waals surface area contributed by atoms with E-state index in [1.807, 2.05) is 6.92 Å². The smallest absolute Gasteiger partial charge is 0.280 e. The minimum atomic E-state index is -3.64. The Kier molecular flexibility index (Phi) is 3.08. The Morgan fingerprint density at radius 1 is 1.46 bits per heavy atom. The Labute approximate surface area is 78.4 Å². The van der Waals surface area contributed by atoms with E-state index >= 15 is 0 Å². The van der Waals surface area contributed by atoms with Gasteiger partial charge in [-0.15, -0.1) is 0 Å². The van der Waals surface area contributed by atoms with Gasteiger partial charge < -0.3 is 4.79 Å².